The third kappa shape index (κ3) is 3.71. The normalized spacial score (nSPS) is 17.2. The summed E-state index contributed by atoms with van der Waals surface area (Å²) in [5.74, 6) is 0. The standard InChI is InChI=1S/C16H27N3/c1-14(2)18-10-12-19(13-11-18)16-7-5-4-6-15(16)8-9-17-3/h4-7,14,17H,8-13H2,1-3H3. The SMILES string of the molecule is CNCCc1ccccc1N1CCN(C(C)C)CC1. The van der Waals surface area contributed by atoms with Crippen LogP contribution in [0.5, 0.6) is 0 Å². The lowest BCUT2D eigenvalue weighted by Crippen LogP contribution is -2.49. The number of benzene rings is 1. The molecule has 1 fully saturated rings. The van der Waals surface area contributed by atoms with E-state index in [1.54, 1.807) is 0 Å². The Labute approximate surface area is 117 Å². The molecular formula is C16H27N3. The van der Waals surface area contributed by atoms with Gasteiger partial charge in [0.1, 0.15) is 0 Å². The van der Waals surface area contributed by atoms with Crippen molar-refractivity contribution in [3.8, 4) is 0 Å². The molecule has 2 rings (SSSR count). The van der Waals surface area contributed by atoms with Gasteiger partial charge < -0.3 is 10.2 Å². The van der Waals surface area contributed by atoms with E-state index >= 15 is 0 Å². The van der Waals surface area contributed by atoms with Gasteiger partial charge in [-0.2, -0.15) is 0 Å². The summed E-state index contributed by atoms with van der Waals surface area (Å²) in [6, 6.07) is 9.52. The van der Waals surface area contributed by atoms with Crippen molar-refractivity contribution in [2.24, 2.45) is 0 Å². The summed E-state index contributed by atoms with van der Waals surface area (Å²) in [6.45, 7) is 10.3. The van der Waals surface area contributed by atoms with E-state index in [0.717, 1.165) is 26.1 Å². The zero-order chi connectivity index (χ0) is 13.7. The highest BCUT2D eigenvalue weighted by molar-refractivity contribution is 5.54. The minimum Gasteiger partial charge on any atom is -0.369 e. The average molecular weight is 261 g/mol. The fourth-order valence-electron chi connectivity index (χ4n) is 2.77. The molecule has 0 bridgehead atoms. The summed E-state index contributed by atoms with van der Waals surface area (Å²) in [6.07, 6.45) is 1.11. The summed E-state index contributed by atoms with van der Waals surface area (Å²) in [7, 11) is 2.02. The molecule has 3 heteroatoms. The van der Waals surface area contributed by atoms with Crippen LogP contribution in [0.3, 0.4) is 0 Å². The molecule has 0 saturated carbocycles. The number of nitrogens with zero attached hydrogens (tertiary/aromatic N) is 2. The molecule has 0 unspecified atom stereocenters. The summed E-state index contributed by atoms with van der Waals surface area (Å²) < 4.78 is 0. The Balaban J connectivity index is 2.02. The number of piperazine rings is 1. The molecule has 1 aliphatic rings. The highest BCUT2D eigenvalue weighted by atomic mass is 15.3. The van der Waals surface area contributed by atoms with Crippen LogP contribution in [-0.4, -0.2) is 50.7 Å². The van der Waals surface area contributed by atoms with E-state index in [-0.39, 0.29) is 0 Å². The zero-order valence-corrected chi connectivity index (χ0v) is 12.5. The fraction of sp³-hybridized carbons (Fsp3) is 0.625. The van der Waals surface area contributed by atoms with Crippen molar-refractivity contribution < 1.29 is 0 Å². The monoisotopic (exact) mass is 261 g/mol. The van der Waals surface area contributed by atoms with Gasteiger partial charge in [-0.15, -0.1) is 0 Å². The number of hydrogen-bond acceptors (Lipinski definition) is 3. The van der Waals surface area contributed by atoms with E-state index in [1.807, 2.05) is 7.05 Å². The summed E-state index contributed by atoms with van der Waals surface area (Å²) in [5.41, 5.74) is 2.90. The molecule has 0 radical (unpaired) electrons. The Morgan fingerprint density at radius 2 is 1.79 bits per heavy atom. The molecule has 19 heavy (non-hydrogen) atoms. The van der Waals surface area contributed by atoms with Crippen molar-refractivity contribution in [1.29, 1.82) is 0 Å². The summed E-state index contributed by atoms with van der Waals surface area (Å²) >= 11 is 0. The second-order valence-electron chi connectivity index (χ2n) is 5.60. The molecule has 106 valence electrons. The van der Waals surface area contributed by atoms with Crippen LogP contribution in [0.25, 0.3) is 0 Å². The molecule has 1 aromatic rings. The van der Waals surface area contributed by atoms with Crippen molar-refractivity contribution in [3.05, 3.63) is 29.8 Å². The third-order valence-electron chi connectivity index (χ3n) is 4.02. The Bertz CT molecular complexity index is 381. The topological polar surface area (TPSA) is 18.5 Å². The van der Waals surface area contributed by atoms with Crippen LogP contribution in [0.4, 0.5) is 5.69 Å². The van der Waals surface area contributed by atoms with Crippen LogP contribution in [-0.2, 0) is 6.42 Å². The lowest BCUT2D eigenvalue weighted by Gasteiger charge is -2.38. The van der Waals surface area contributed by atoms with E-state index in [0.29, 0.717) is 6.04 Å². The second kappa shape index (κ2) is 6.92. The minimum atomic E-state index is 0.668. The molecule has 1 heterocycles. The first-order valence-electron chi connectivity index (χ1n) is 7.44. The second-order valence-corrected chi connectivity index (χ2v) is 5.60. The average Bonchev–Trinajstić information content (AvgIpc) is 2.45. The first kappa shape index (κ1) is 14.4. The van der Waals surface area contributed by atoms with E-state index in [9.17, 15) is 0 Å². The van der Waals surface area contributed by atoms with Crippen LogP contribution in [0.15, 0.2) is 24.3 Å². The van der Waals surface area contributed by atoms with E-state index in [4.69, 9.17) is 0 Å². The molecule has 3 nitrogen and oxygen atoms in total. The van der Waals surface area contributed by atoms with Crippen LogP contribution >= 0.6 is 0 Å². The third-order valence-corrected chi connectivity index (χ3v) is 4.02. The van der Waals surface area contributed by atoms with Crippen molar-refractivity contribution in [1.82, 2.24) is 10.2 Å². The highest BCUT2D eigenvalue weighted by Gasteiger charge is 2.20. The van der Waals surface area contributed by atoms with Gasteiger partial charge in [-0.3, -0.25) is 4.90 Å². The molecule has 0 aliphatic carbocycles. The fourth-order valence-corrected chi connectivity index (χ4v) is 2.77. The molecule has 1 aliphatic heterocycles. The van der Waals surface area contributed by atoms with Gasteiger partial charge in [-0.1, -0.05) is 18.2 Å². The Morgan fingerprint density at radius 3 is 2.42 bits per heavy atom. The Hall–Kier alpha value is -1.06. The number of likely N-dealkylation sites (N-methyl/N-ethyl adjacent to an activating group) is 1. The molecule has 0 aromatic heterocycles. The highest BCUT2D eigenvalue weighted by Crippen LogP contribution is 2.22. The molecule has 0 atom stereocenters. The van der Waals surface area contributed by atoms with Gasteiger partial charge >= 0.3 is 0 Å². The zero-order valence-electron chi connectivity index (χ0n) is 12.5. The van der Waals surface area contributed by atoms with Gasteiger partial charge in [0, 0.05) is 37.9 Å². The first-order valence-corrected chi connectivity index (χ1v) is 7.44. The van der Waals surface area contributed by atoms with Gasteiger partial charge in [0.05, 0.1) is 0 Å². The summed E-state index contributed by atoms with van der Waals surface area (Å²) in [5, 5.41) is 3.24. The van der Waals surface area contributed by atoms with Gasteiger partial charge in [0.2, 0.25) is 0 Å². The lowest BCUT2D eigenvalue weighted by molar-refractivity contribution is 0.209. The number of anilines is 1. The van der Waals surface area contributed by atoms with Crippen molar-refractivity contribution in [2.75, 3.05) is 44.7 Å². The Morgan fingerprint density at radius 1 is 1.11 bits per heavy atom. The van der Waals surface area contributed by atoms with Crippen LogP contribution < -0.4 is 10.2 Å². The maximum Gasteiger partial charge on any atom is 0.0400 e. The molecule has 0 amide bonds. The van der Waals surface area contributed by atoms with E-state index in [2.05, 4.69) is 53.2 Å². The molecule has 1 N–H and O–H groups in total. The quantitative estimate of drug-likeness (QED) is 0.874. The number of para-hydroxylation sites is 1. The predicted molar refractivity (Wildman–Crippen MR) is 83.0 cm³/mol. The van der Waals surface area contributed by atoms with Crippen molar-refractivity contribution >= 4 is 5.69 Å². The smallest absolute Gasteiger partial charge is 0.0400 e. The van der Waals surface area contributed by atoms with Crippen molar-refractivity contribution in [3.63, 3.8) is 0 Å². The predicted octanol–water partition coefficient (Wildman–Crippen LogP) is 1.98. The van der Waals surface area contributed by atoms with Crippen LogP contribution in [0.2, 0.25) is 0 Å². The molecule has 0 spiro atoms. The number of hydrogen-bond donors (Lipinski definition) is 1. The van der Waals surface area contributed by atoms with E-state index < -0.39 is 0 Å². The maximum absolute atomic E-state index is 3.24. The molecule has 1 saturated heterocycles. The van der Waals surface area contributed by atoms with Gasteiger partial charge in [0.15, 0.2) is 0 Å². The first-order chi connectivity index (χ1) is 9.22. The van der Waals surface area contributed by atoms with Gasteiger partial charge in [-0.25, -0.2) is 0 Å². The lowest BCUT2D eigenvalue weighted by atomic mass is 10.1. The van der Waals surface area contributed by atoms with Crippen molar-refractivity contribution in [2.45, 2.75) is 26.3 Å². The summed E-state index contributed by atoms with van der Waals surface area (Å²) in [4.78, 5) is 5.11. The van der Waals surface area contributed by atoms with Crippen LogP contribution in [0.1, 0.15) is 19.4 Å². The molecular weight excluding hydrogens is 234 g/mol. The van der Waals surface area contributed by atoms with Gasteiger partial charge in [-0.05, 0) is 45.5 Å². The number of rotatable bonds is 5. The van der Waals surface area contributed by atoms with E-state index in [1.165, 1.54) is 24.3 Å². The Kier molecular flexibility index (Phi) is 5.23. The van der Waals surface area contributed by atoms with Crippen LogP contribution in [0, 0.1) is 0 Å². The largest absolute Gasteiger partial charge is 0.369 e. The minimum absolute atomic E-state index is 0.668. The van der Waals surface area contributed by atoms with Gasteiger partial charge in [0.25, 0.3) is 0 Å². The maximum atomic E-state index is 3.24. The number of nitrogens with one attached hydrogen (secondary N) is 1. The molecule has 1 aromatic carbocycles.